The van der Waals surface area contributed by atoms with Gasteiger partial charge < -0.3 is 5.32 Å². The molecule has 1 atom stereocenters. The Morgan fingerprint density at radius 3 is 2.38 bits per heavy atom. The number of fused-ring (bicyclic) bond motifs is 1. The monoisotopic (exact) mass is 437 g/mol. The first-order valence-electron chi connectivity index (χ1n) is 8.39. The standard InChI is InChI=1S/C18H14F6N2O2S/c1-10(27)26(13-4-2-3-12(8-13)17(19,20)21)6-5-11-7-15(29-14(11)9-26)25-16(28)18(22,23)24/h2-4,7-8H,5-6,9H2,1H3/p+1. The topological polar surface area (TPSA) is 46.2 Å². The highest BCUT2D eigenvalue weighted by Crippen LogP contribution is 2.40. The zero-order valence-corrected chi connectivity index (χ0v) is 15.8. The predicted molar refractivity (Wildman–Crippen MR) is 95.2 cm³/mol. The number of carbonyl (C=O) groups excluding carboxylic acids is 2. The Morgan fingerprint density at radius 2 is 1.79 bits per heavy atom. The summed E-state index contributed by atoms with van der Waals surface area (Å²) in [6.45, 7) is 1.43. The summed E-state index contributed by atoms with van der Waals surface area (Å²) in [4.78, 5) is 24.2. The van der Waals surface area contributed by atoms with Crippen LogP contribution in [0.15, 0.2) is 30.3 Å². The zero-order chi connectivity index (χ0) is 21.6. The SMILES string of the molecule is CC(=O)[N+]1(c2cccc(C(F)(F)F)c2)CCc2cc(NC(=O)C(F)(F)F)sc2C1. The van der Waals surface area contributed by atoms with E-state index in [2.05, 4.69) is 0 Å². The largest absolute Gasteiger partial charge is 0.471 e. The average molecular weight is 437 g/mol. The maximum Gasteiger partial charge on any atom is 0.471 e. The van der Waals surface area contributed by atoms with Gasteiger partial charge in [-0.1, -0.05) is 6.07 Å². The zero-order valence-electron chi connectivity index (χ0n) is 14.9. The molecule has 0 saturated carbocycles. The number of hydrogen-bond donors (Lipinski definition) is 1. The molecule has 0 fully saturated rings. The molecule has 156 valence electrons. The van der Waals surface area contributed by atoms with Crippen LogP contribution in [0, 0.1) is 0 Å². The number of carbonyl (C=O) groups is 2. The van der Waals surface area contributed by atoms with Gasteiger partial charge in [-0.15, -0.1) is 11.3 Å². The summed E-state index contributed by atoms with van der Waals surface area (Å²) in [7, 11) is 0. The third-order valence-corrected chi connectivity index (χ3v) is 5.92. The van der Waals surface area contributed by atoms with Crippen LogP contribution in [0.1, 0.15) is 22.9 Å². The number of alkyl halides is 6. The van der Waals surface area contributed by atoms with Crippen molar-refractivity contribution in [2.45, 2.75) is 32.2 Å². The van der Waals surface area contributed by atoms with Gasteiger partial charge in [0.25, 0.3) is 0 Å². The lowest BCUT2D eigenvalue weighted by molar-refractivity contribution is -0.167. The molecule has 29 heavy (non-hydrogen) atoms. The predicted octanol–water partition coefficient (Wildman–Crippen LogP) is 4.88. The fourth-order valence-corrected chi connectivity index (χ4v) is 4.50. The number of anilines is 1. The Morgan fingerprint density at radius 1 is 1.10 bits per heavy atom. The molecule has 0 bridgehead atoms. The minimum atomic E-state index is -5.04. The van der Waals surface area contributed by atoms with E-state index in [0.29, 0.717) is 10.4 Å². The van der Waals surface area contributed by atoms with Crippen molar-refractivity contribution >= 4 is 33.8 Å². The van der Waals surface area contributed by atoms with Gasteiger partial charge in [-0.3, -0.25) is 4.79 Å². The van der Waals surface area contributed by atoms with Crippen LogP contribution in [-0.2, 0) is 28.7 Å². The molecular formula is C18H15F6N2O2S+. The number of amides is 2. The molecule has 3 rings (SSSR count). The van der Waals surface area contributed by atoms with Crippen LogP contribution in [0.5, 0.6) is 0 Å². The van der Waals surface area contributed by atoms with Gasteiger partial charge in [-0.05, 0) is 23.8 Å². The number of nitrogens with zero attached hydrogens (tertiary/aromatic N) is 1. The van der Waals surface area contributed by atoms with Crippen molar-refractivity contribution in [3.8, 4) is 0 Å². The summed E-state index contributed by atoms with van der Waals surface area (Å²) < 4.78 is 76.3. The second kappa shape index (κ2) is 7.13. The smallest absolute Gasteiger partial charge is 0.310 e. The van der Waals surface area contributed by atoms with E-state index in [4.69, 9.17) is 0 Å². The Hall–Kier alpha value is -2.40. The number of quaternary nitrogens is 1. The molecule has 4 nitrogen and oxygen atoms in total. The highest BCUT2D eigenvalue weighted by Gasteiger charge is 2.43. The van der Waals surface area contributed by atoms with Crippen molar-refractivity contribution in [1.82, 2.24) is 4.48 Å². The van der Waals surface area contributed by atoms with E-state index in [0.717, 1.165) is 23.5 Å². The Labute approximate surface area is 165 Å². The Kier molecular flexibility index (Phi) is 5.24. The van der Waals surface area contributed by atoms with Crippen LogP contribution < -0.4 is 9.80 Å². The van der Waals surface area contributed by atoms with E-state index >= 15 is 0 Å². The fourth-order valence-electron chi connectivity index (χ4n) is 3.31. The van der Waals surface area contributed by atoms with Crippen molar-refractivity contribution < 1.29 is 35.9 Å². The van der Waals surface area contributed by atoms with E-state index in [1.807, 2.05) is 0 Å². The van der Waals surface area contributed by atoms with Gasteiger partial charge in [0.2, 0.25) is 0 Å². The minimum Gasteiger partial charge on any atom is -0.310 e. The summed E-state index contributed by atoms with van der Waals surface area (Å²) in [6, 6.07) is 5.89. The van der Waals surface area contributed by atoms with Crippen LogP contribution in [0.25, 0.3) is 0 Å². The van der Waals surface area contributed by atoms with E-state index in [1.54, 1.807) is 5.32 Å². The second-order valence-corrected chi connectivity index (χ2v) is 7.81. The van der Waals surface area contributed by atoms with E-state index < -0.39 is 23.8 Å². The summed E-state index contributed by atoms with van der Waals surface area (Å²) >= 11 is 0.882. The van der Waals surface area contributed by atoms with Gasteiger partial charge in [0.05, 0.1) is 28.9 Å². The van der Waals surface area contributed by atoms with Crippen molar-refractivity contribution in [1.29, 1.82) is 0 Å². The van der Waals surface area contributed by atoms with Crippen LogP contribution >= 0.6 is 11.3 Å². The Balaban J connectivity index is 1.96. The Bertz CT molecular complexity index is 966. The van der Waals surface area contributed by atoms with Crippen molar-refractivity contribution in [2.75, 3.05) is 11.9 Å². The van der Waals surface area contributed by atoms with Crippen LogP contribution in [0.4, 0.5) is 37.0 Å². The molecule has 0 saturated heterocycles. The van der Waals surface area contributed by atoms with Crippen LogP contribution in [-0.4, -0.2) is 24.5 Å². The second-order valence-electron chi connectivity index (χ2n) is 6.68. The molecule has 1 unspecified atom stereocenters. The van der Waals surface area contributed by atoms with E-state index in [-0.39, 0.29) is 40.6 Å². The molecule has 0 spiro atoms. The number of halogens is 6. The summed E-state index contributed by atoms with van der Waals surface area (Å²) in [5.74, 6) is -2.49. The maximum atomic E-state index is 13.1. The number of benzene rings is 1. The lowest BCUT2D eigenvalue weighted by atomic mass is 10.0. The molecule has 1 N–H and O–H groups in total. The van der Waals surface area contributed by atoms with Crippen molar-refractivity contribution in [3.05, 3.63) is 46.3 Å². The fraction of sp³-hybridized carbons (Fsp3) is 0.333. The highest BCUT2D eigenvalue weighted by atomic mass is 32.1. The van der Waals surface area contributed by atoms with E-state index in [1.165, 1.54) is 25.1 Å². The summed E-state index contributed by atoms with van der Waals surface area (Å²) in [5, 5.41) is 1.76. The van der Waals surface area contributed by atoms with Gasteiger partial charge >= 0.3 is 24.2 Å². The number of hydrogen-bond acceptors (Lipinski definition) is 3. The van der Waals surface area contributed by atoms with Gasteiger partial charge in [0, 0.05) is 12.5 Å². The van der Waals surface area contributed by atoms with Crippen LogP contribution in [0.2, 0.25) is 0 Å². The van der Waals surface area contributed by atoms with Gasteiger partial charge in [-0.2, -0.15) is 26.3 Å². The molecule has 2 aromatic rings. The first-order valence-corrected chi connectivity index (χ1v) is 9.20. The average Bonchev–Trinajstić information content (AvgIpc) is 3.01. The molecule has 2 amide bonds. The number of thiophene rings is 1. The summed E-state index contributed by atoms with van der Waals surface area (Å²) in [5.41, 5.74) is -0.0643. The molecule has 1 aliphatic rings. The summed E-state index contributed by atoms with van der Waals surface area (Å²) in [6.07, 6.45) is -9.35. The van der Waals surface area contributed by atoms with Crippen LogP contribution in [0.3, 0.4) is 0 Å². The third-order valence-electron chi connectivity index (χ3n) is 4.84. The molecule has 0 aliphatic carbocycles. The minimum absolute atomic E-state index is 0.00146. The maximum absolute atomic E-state index is 13.1. The third kappa shape index (κ3) is 4.15. The number of nitrogens with one attached hydrogen (secondary N) is 1. The molecule has 0 radical (unpaired) electrons. The first-order chi connectivity index (χ1) is 13.3. The van der Waals surface area contributed by atoms with Gasteiger partial charge in [0.15, 0.2) is 0 Å². The lowest BCUT2D eigenvalue weighted by Gasteiger charge is -2.37. The van der Waals surface area contributed by atoms with Crippen molar-refractivity contribution in [3.63, 3.8) is 0 Å². The normalized spacial score (nSPS) is 19.6. The highest BCUT2D eigenvalue weighted by molar-refractivity contribution is 7.16. The van der Waals surface area contributed by atoms with E-state index in [9.17, 15) is 35.9 Å². The molecule has 1 aromatic carbocycles. The molecular weight excluding hydrogens is 422 g/mol. The van der Waals surface area contributed by atoms with Crippen molar-refractivity contribution in [2.24, 2.45) is 0 Å². The first kappa shape index (κ1) is 21.3. The van der Waals surface area contributed by atoms with Gasteiger partial charge in [-0.25, -0.2) is 9.28 Å². The number of rotatable bonds is 2. The van der Waals surface area contributed by atoms with Gasteiger partial charge in [0.1, 0.15) is 12.2 Å². The molecule has 11 heteroatoms. The molecule has 1 aliphatic heterocycles. The molecule has 2 heterocycles. The lowest BCUT2D eigenvalue weighted by Crippen LogP contribution is -2.55. The molecule has 1 aromatic heterocycles. The quantitative estimate of drug-likeness (QED) is 0.538.